The van der Waals surface area contributed by atoms with E-state index in [0.29, 0.717) is 0 Å². The lowest BCUT2D eigenvalue weighted by Gasteiger charge is -2.09. The van der Waals surface area contributed by atoms with Gasteiger partial charge in [-0.1, -0.05) is 36.4 Å². The van der Waals surface area contributed by atoms with Gasteiger partial charge in [0.15, 0.2) is 5.82 Å². The third-order valence-corrected chi connectivity index (χ3v) is 5.64. The van der Waals surface area contributed by atoms with Gasteiger partial charge < -0.3 is 4.74 Å². The summed E-state index contributed by atoms with van der Waals surface area (Å²) < 4.78 is 7.52. The van der Waals surface area contributed by atoms with Crippen LogP contribution in [-0.4, -0.2) is 27.6 Å². The lowest BCUT2D eigenvalue weighted by molar-refractivity contribution is 0.416. The number of aromatic nitrogens is 3. The van der Waals surface area contributed by atoms with Crippen molar-refractivity contribution in [3.8, 4) is 16.9 Å². The van der Waals surface area contributed by atoms with E-state index in [2.05, 4.69) is 60.3 Å². The maximum Gasteiger partial charge on any atom is 0.176 e. The fourth-order valence-electron chi connectivity index (χ4n) is 4.18. The van der Waals surface area contributed by atoms with E-state index in [9.17, 15) is 0 Å². The standard InChI is InChI=1S/C25H24N4O/c1-16(2)29-25(26-15-27-29)22-14-19-8-6-7-17-11-12-18(13-21(17)24(19)28-22)20-9-4-5-10-23(20)30-3/h4-5,7,9-16H,6,8H2,1-3H3. The average Bonchev–Trinajstić information content (AvgIpc) is 3.38. The second-order valence-electron chi connectivity index (χ2n) is 7.88. The van der Waals surface area contributed by atoms with E-state index < -0.39 is 0 Å². The Kier molecular flexibility index (Phi) is 4.58. The first kappa shape index (κ1) is 18.6. The summed E-state index contributed by atoms with van der Waals surface area (Å²) >= 11 is 0. The van der Waals surface area contributed by atoms with Crippen molar-refractivity contribution in [3.05, 3.63) is 76.7 Å². The first-order valence-corrected chi connectivity index (χ1v) is 10.3. The maximum absolute atomic E-state index is 5.59. The topological polar surface area (TPSA) is 52.3 Å². The first-order chi connectivity index (χ1) is 14.7. The summed E-state index contributed by atoms with van der Waals surface area (Å²) in [6, 6.07) is 14.9. The molecule has 3 aromatic rings. The molecular formula is C25H24N4O. The Bertz CT molecular complexity index is 1310. The Balaban J connectivity index is 1.72. The average molecular weight is 396 g/mol. The van der Waals surface area contributed by atoms with Crippen molar-refractivity contribution in [1.29, 1.82) is 0 Å². The van der Waals surface area contributed by atoms with Gasteiger partial charge in [0.05, 0.1) is 12.8 Å². The van der Waals surface area contributed by atoms with Crippen LogP contribution in [0.1, 0.15) is 38.6 Å². The van der Waals surface area contributed by atoms with E-state index in [1.54, 1.807) is 13.4 Å². The monoisotopic (exact) mass is 396 g/mol. The predicted octanol–water partition coefficient (Wildman–Crippen LogP) is 3.65. The molecular weight excluding hydrogens is 372 g/mol. The molecule has 0 radical (unpaired) electrons. The molecule has 30 heavy (non-hydrogen) atoms. The van der Waals surface area contributed by atoms with Gasteiger partial charge >= 0.3 is 0 Å². The van der Waals surface area contributed by atoms with Gasteiger partial charge in [0, 0.05) is 16.8 Å². The summed E-state index contributed by atoms with van der Waals surface area (Å²) in [5.41, 5.74) is 5.41. The van der Waals surface area contributed by atoms with Gasteiger partial charge in [0.2, 0.25) is 0 Å². The van der Waals surface area contributed by atoms with Gasteiger partial charge in [0.25, 0.3) is 0 Å². The Morgan fingerprint density at radius 2 is 1.97 bits per heavy atom. The Morgan fingerprint density at radius 1 is 1.10 bits per heavy atom. The second-order valence-corrected chi connectivity index (χ2v) is 7.88. The number of nitrogens with zero attached hydrogens (tertiary/aromatic N) is 4. The molecule has 1 aliphatic carbocycles. The highest BCUT2D eigenvalue weighted by atomic mass is 16.5. The zero-order chi connectivity index (χ0) is 20.7. The van der Waals surface area contributed by atoms with Crippen molar-refractivity contribution >= 4 is 17.5 Å². The molecule has 0 saturated heterocycles. The quantitative estimate of drug-likeness (QED) is 0.676. The molecule has 0 bridgehead atoms. The number of para-hydroxylation sites is 1. The fraction of sp³-hybridized carbons (Fsp3) is 0.240. The normalized spacial score (nSPS) is 15.1. The zero-order valence-corrected chi connectivity index (χ0v) is 17.5. The summed E-state index contributed by atoms with van der Waals surface area (Å²) in [5.74, 6) is 1.70. The predicted molar refractivity (Wildman–Crippen MR) is 120 cm³/mol. The zero-order valence-electron chi connectivity index (χ0n) is 17.5. The van der Waals surface area contributed by atoms with E-state index >= 15 is 0 Å². The lowest BCUT2D eigenvalue weighted by atomic mass is 10.0. The number of hydrogen-bond donors (Lipinski definition) is 0. The molecule has 150 valence electrons. The Hall–Kier alpha value is -3.47. The summed E-state index contributed by atoms with van der Waals surface area (Å²) in [5, 5.41) is 6.76. The summed E-state index contributed by atoms with van der Waals surface area (Å²) in [7, 11) is 1.71. The van der Waals surface area contributed by atoms with Crippen LogP contribution in [0.3, 0.4) is 0 Å². The first-order valence-electron chi connectivity index (χ1n) is 10.3. The van der Waals surface area contributed by atoms with E-state index in [1.807, 2.05) is 22.9 Å². The Labute approximate surface area is 175 Å². The molecule has 2 heterocycles. The molecule has 0 fully saturated rings. The number of allylic oxidation sites excluding steroid dienone is 1. The van der Waals surface area contributed by atoms with Crippen LogP contribution in [0.25, 0.3) is 22.9 Å². The third-order valence-electron chi connectivity index (χ3n) is 5.64. The number of rotatable bonds is 4. The van der Waals surface area contributed by atoms with Gasteiger partial charge in [-0.05, 0) is 61.3 Å². The van der Waals surface area contributed by atoms with Crippen LogP contribution in [0.5, 0.6) is 5.75 Å². The van der Waals surface area contributed by atoms with Crippen molar-refractivity contribution in [2.45, 2.75) is 32.7 Å². The summed E-state index contributed by atoms with van der Waals surface area (Å²) in [4.78, 5) is 9.52. The number of fused-ring (bicyclic) bond motifs is 2. The summed E-state index contributed by atoms with van der Waals surface area (Å²) in [6.07, 6.45) is 8.06. The van der Waals surface area contributed by atoms with Crippen LogP contribution < -0.4 is 15.2 Å². The highest BCUT2D eigenvalue weighted by Crippen LogP contribution is 2.30. The molecule has 5 heteroatoms. The van der Waals surface area contributed by atoms with Crippen LogP contribution in [0.4, 0.5) is 0 Å². The number of methoxy groups -OCH3 is 1. The van der Waals surface area contributed by atoms with Gasteiger partial charge in [-0.25, -0.2) is 14.7 Å². The SMILES string of the molecule is COc1ccccc1-c1ccc2c(c1)=C1N=C(c3ncnn3C(C)C)C=C1CCC=2. The van der Waals surface area contributed by atoms with Crippen molar-refractivity contribution in [3.63, 3.8) is 0 Å². The van der Waals surface area contributed by atoms with Crippen molar-refractivity contribution in [2.75, 3.05) is 7.11 Å². The van der Waals surface area contributed by atoms with Crippen molar-refractivity contribution in [1.82, 2.24) is 14.8 Å². The van der Waals surface area contributed by atoms with Gasteiger partial charge in [-0.15, -0.1) is 0 Å². The van der Waals surface area contributed by atoms with Crippen LogP contribution >= 0.6 is 0 Å². The van der Waals surface area contributed by atoms with E-state index in [4.69, 9.17) is 9.73 Å². The molecule has 5 rings (SSSR count). The number of ether oxygens (including phenoxy) is 1. The summed E-state index contributed by atoms with van der Waals surface area (Å²) in [6.45, 7) is 4.21. The van der Waals surface area contributed by atoms with E-state index in [-0.39, 0.29) is 6.04 Å². The molecule has 1 aliphatic heterocycles. The molecule has 0 amide bonds. The molecule has 0 atom stereocenters. The van der Waals surface area contributed by atoms with Gasteiger partial charge in [0.1, 0.15) is 17.8 Å². The largest absolute Gasteiger partial charge is 0.496 e. The van der Waals surface area contributed by atoms with Gasteiger partial charge in [-0.2, -0.15) is 5.10 Å². The highest BCUT2D eigenvalue weighted by molar-refractivity contribution is 6.13. The minimum absolute atomic E-state index is 0.233. The number of aliphatic imine (C=N–C) groups is 1. The molecule has 1 aromatic heterocycles. The highest BCUT2D eigenvalue weighted by Gasteiger charge is 2.22. The lowest BCUT2D eigenvalue weighted by Crippen LogP contribution is -2.26. The fourth-order valence-corrected chi connectivity index (χ4v) is 4.18. The van der Waals surface area contributed by atoms with Crippen molar-refractivity contribution < 1.29 is 4.74 Å². The number of benzene rings is 2. The molecule has 2 aliphatic rings. The molecule has 0 unspecified atom stereocenters. The van der Waals surface area contributed by atoms with Crippen molar-refractivity contribution in [2.24, 2.45) is 4.99 Å². The van der Waals surface area contributed by atoms with Crippen LogP contribution in [-0.2, 0) is 0 Å². The molecule has 0 saturated carbocycles. The van der Waals surface area contributed by atoms with E-state index in [0.717, 1.165) is 52.2 Å². The Morgan fingerprint density at radius 3 is 2.80 bits per heavy atom. The molecule has 0 N–H and O–H groups in total. The molecule has 5 nitrogen and oxygen atoms in total. The molecule has 2 aromatic carbocycles. The second kappa shape index (κ2) is 7.41. The van der Waals surface area contributed by atoms with Crippen LogP contribution in [0.15, 0.2) is 65.4 Å². The third kappa shape index (κ3) is 3.07. The van der Waals surface area contributed by atoms with Crippen LogP contribution in [0.2, 0.25) is 0 Å². The van der Waals surface area contributed by atoms with E-state index in [1.165, 1.54) is 10.8 Å². The van der Waals surface area contributed by atoms with Crippen LogP contribution in [0, 0.1) is 0 Å². The minimum atomic E-state index is 0.233. The number of hydrogen-bond acceptors (Lipinski definition) is 4. The minimum Gasteiger partial charge on any atom is -0.496 e. The molecule has 0 spiro atoms. The van der Waals surface area contributed by atoms with Gasteiger partial charge in [-0.3, -0.25) is 0 Å². The smallest absolute Gasteiger partial charge is 0.176 e. The maximum atomic E-state index is 5.59.